The largest absolute Gasteiger partial charge is 0.290 e. The minimum Gasteiger partial charge on any atom is -0.290 e. The van der Waals surface area contributed by atoms with Gasteiger partial charge in [0.05, 0.1) is 10.8 Å². The van der Waals surface area contributed by atoms with Crippen molar-refractivity contribution in [1.82, 2.24) is 0 Å². The van der Waals surface area contributed by atoms with Gasteiger partial charge in [0.15, 0.2) is 0 Å². The van der Waals surface area contributed by atoms with Crippen LogP contribution in [0, 0.1) is 33.5 Å². The van der Waals surface area contributed by atoms with Crippen molar-refractivity contribution in [3.8, 4) is 0 Å². The van der Waals surface area contributed by atoms with Gasteiger partial charge >= 0.3 is 0 Å². The average molecular weight is 272 g/mol. The molecule has 2 nitrogen and oxygen atoms in total. The Morgan fingerprint density at radius 1 is 0.750 bits per heavy atom. The highest BCUT2D eigenvalue weighted by atomic mass is 16.2. The van der Waals surface area contributed by atoms with E-state index in [9.17, 15) is 9.59 Å². The molecule has 4 rings (SSSR count). The second kappa shape index (κ2) is 3.35. The molecule has 0 unspecified atom stereocenters. The average Bonchev–Trinajstić information content (AvgIpc) is 2.22. The van der Waals surface area contributed by atoms with E-state index in [0.29, 0.717) is 0 Å². The molecule has 0 aromatic rings. The van der Waals surface area contributed by atoms with Crippen LogP contribution in [-0.4, -0.2) is 11.6 Å². The Bertz CT molecular complexity index is 517. The van der Waals surface area contributed by atoms with Gasteiger partial charge in [-0.2, -0.15) is 0 Å². The highest BCUT2D eigenvalue weighted by Crippen LogP contribution is 2.69. The molecule has 0 amide bonds. The van der Waals surface area contributed by atoms with E-state index in [2.05, 4.69) is 65.8 Å². The third-order valence-corrected chi connectivity index (χ3v) is 6.01. The highest BCUT2D eigenvalue weighted by Gasteiger charge is 2.72. The van der Waals surface area contributed by atoms with Crippen LogP contribution in [-0.2, 0) is 9.59 Å². The standard InChI is InChI=1S/C18H24O2/c1-15(2,3)17-9-10-18(16(4,5)6,14(20)13(17)19)12-8-7-11(12)17/h7-12H,1-6H3/t11-,12+,17+,18-. The first-order chi connectivity index (χ1) is 9.00. The monoisotopic (exact) mass is 272 g/mol. The lowest BCUT2D eigenvalue weighted by atomic mass is 9.35. The highest BCUT2D eigenvalue weighted by molar-refractivity contribution is 6.44. The fraction of sp³-hybridized carbons (Fsp3) is 0.667. The summed E-state index contributed by atoms with van der Waals surface area (Å²) in [4.78, 5) is 25.9. The van der Waals surface area contributed by atoms with Gasteiger partial charge in [-0.3, -0.25) is 9.59 Å². The minimum absolute atomic E-state index is 0.173. The molecule has 0 aromatic carbocycles. The first kappa shape index (κ1) is 13.8. The van der Waals surface area contributed by atoms with Crippen molar-refractivity contribution in [3.63, 3.8) is 0 Å². The lowest BCUT2D eigenvalue weighted by Gasteiger charge is -2.65. The Morgan fingerprint density at radius 2 is 1.05 bits per heavy atom. The molecule has 1 fully saturated rings. The summed E-state index contributed by atoms with van der Waals surface area (Å²) in [6, 6.07) is 0. The Kier molecular flexibility index (Phi) is 2.31. The second-order valence-corrected chi connectivity index (χ2v) is 8.67. The Hall–Kier alpha value is -1.18. The van der Waals surface area contributed by atoms with Crippen molar-refractivity contribution >= 4 is 11.6 Å². The molecule has 0 aromatic heterocycles. The molecule has 108 valence electrons. The molecular formula is C18H24O2. The van der Waals surface area contributed by atoms with Crippen LogP contribution in [0.5, 0.6) is 0 Å². The Balaban J connectivity index is 2.31. The molecule has 4 aliphatic carbocycles. The summed E-state index contributed by atoms with van der Waals surface area (Å²) < 4.78 is 0. The lowest BCUT2D eigenvalue weighted by Crippen LogP contribution is -2.70. The van der Waals surface area contributed by atoms with E-state index in [1.54, 1.807) is 0 Å². The van der Waals surface area contributed by atoms with Crippen LogP contribution in [0.2, 0.25) is 0 Å². The van der Waals surface area contributed by atoms with Crippen LogP contribution in [0.3, 0.4) is 0 Å². The SMILES string of the molecule is CC(C)(C)[C@@]12C=C[C@@](C(C)(C)C)(C(=O)C1=O)[C@@H]1C=C[C@@H]12. The van der Waals surface area contributed by atoms with Gasteiger partial charge in [0.1, 0.15) is 0 Å². The van der Waals surface area contributed by atoms with Crippen LogP contribution in [0.25, 0.3) is 0 Å². The van der Waals surface area contributed by atoms with Crippen LogP contribution < -0.4 is 0 Å². The fourth-order valence-electron chi connectivity index (χ4n) is 4.70. The van der Waals surface area contributed by atoms with Gasteiger partial charge in [0.2, 0.25) is 11.6 Å². The predicted octanol–water partition coefficient (Wildman–Crippen LogP) is 3.58. The predicted molar refractivity (Wildman–Crippen MR) is 79.1 cm³/mol. The molecule has 0 radical (unpaired) electrons. The van der Waals surface area contributed by atoms with Gasteiger partial charge in [-0.25, -0.2) is 0 Å². The zero-order valence-corrected chi connectivity index (χ0v) is 13.3. The Labute approximate surface area is 121 Å². The molecule has 0 heterocycles. The van der Waals surface area contributed by atoms with E-state index >= 15 is 0 Å². The maximum atomic E-state index is 13.0. The molecule has 0 spiro atoms. The molecule has 2 bridgehead atoms. The van der Waals surface area contributed by atoms with E-state index in [1.165, 1.54) is 0 Å². The van der Waals surface area contributed by atoms with Crippen molar-refractivity contribution in [2.75, 3.05) is 0 Å². The van der Waals surface area contributed by atoms with Gasteiger partial charge in [-0.05, 0) is 10.8 Å². The van der Waals surface area contributed by atoms with Crippen molar-refractivity contribution in [3.05, 3.63) is 24.3 Å². The van der Waals surface area contributed by atoms with Crippen LogP contribution in [0.4, 0.5) is 0 Å². The van der Waals surface area contributed by atoms with E-state index in [4.69, 9.17) is 0 Å². The van der Waals surface area contributed by atoms with Crippen LogP contribution in [0.1, 0.15) is 41.5 Å². The van der Waals surface area contributed by atoms with Crippen molar-refractivity contribution in [1.29, 1.82) is 0 Å². The summed E-state index contributed by atoms with van der Waals surface area (Å²) >= 11 is 0. The molecule has 2 heteroatoms. The Morgan fingerprint density at radius 3 is 1.25 bits per heavy atom. The van der Waals surface area contributed by atoms with Crippen LogP contribution >= 0.6 is 0 Å². The number of fused-ring (bicyclic) bond motifs is 1. The van der Waals surface area contributed by atoms with Gasteiger partial charge in [-0.1, -0.05) is 65.8 Å². The molecule has 0 saturated heterocycles. The van der Waals surface area contributed by atoms with E-state index in [-0.39, 0.29) is 34.2 Å². The number of hydrogen-bond donors (Lipinski definition) is 0. The third-order valence-electron chi connectivity index (χ3n) is 6.01. The summed E-state index contributed by atoms with van der Waals surface area (Å²) in [6.45, 7) is 12.4. The lowest BCUT2D eigenvalue weighted by molar-refractivity contribution is -0.171. The van der Waals surface area contributed by atoms with Gasteiger partial charge < -0.3 is 0 Å². The van der Waals surface area contributed by atoms with E-state index in [1.807, 2.05) is 0 Å². The molecule has 4 atom stereocenters. The first-order valence-corrected chi connectivity index (χ1v) is 7.48. The smallest absolute Gasteiger partial charge is 0.210 e. The number of Topliss-reactive ketones (excluding diaryl/α,β-unsaturated/α-hetero) is 2. The molecule has 1 saturated carbocycles. The molecular weight excluding hydrogens is 248 g/mol. The van der Waals surface area contributed by atoms with Crippen LogP contribution in [0.15, 0.2) is 24.3 Å². The molecule has 0 N–H and O–H groups in total. The number of rotatable bonds is 0. The molecule has 4 aliphatic rings. The summed E-state index contributed by atoms with van der Waals surface area (Å²) in [5, 5.41) is 0. The zero-order valence-electron chi connectivity index (χ0n) is 13.3. The number of allylic oxidation sites excluding steroid dienone is 4. The summed E-state index contributed by atoms with van der Waals surface area (Å²) in [5.41, 5.74) is -1.77. The quantitative estimate of drug-likeness (QED) is 0.499. The first-order valence-electron chi connectivity index (χ1n) is 7.48. The van der Waals surface area contributed by atoms with Gasteiger partial charge in [0.25, 0.3) is 0 Å². The third kappa shape index (κ3) is 1.14. The van der Waals surface area contributed by atoms with E-state index in [0.717, 1.165) is 0 Å². The number of ketones is 2. The zero-order chi connectivity index (χ0) is 15.1. The van der Waals surface area contributed by atoms with Crippen molar-refractivity contribution in [2.24, 2.45) is 33.5 Å². The number of carbonyl (C=O) groups is 2. The maximum absolute atomic E-state index is 13.0. The normalized spacial score (nSPS) is 42.7. The summed E-state index contributed by atoms with van der Waals surface area (Å²) in [6.07, 6.45) is 8.41. The maximum Gasteiger partial charge on any atom is 0.210 e. The summed E-state index contributed by atoms with van der Waals surface area (Å²) in [5.74, 6) is 0.00917. The second-order valence-electron chi connectivity index (χ2n) is 8.67. The number of carbonyl (C=O) groups excluding carboxylic acids is 2. The van der Waals surface area contributed by atoms with Crippen molar-refractivity contribution in [2.45, 2.75) is 41.5 Å². The molecule has 0 aliphatic heterocycles. The van der Waals surface area contributed by atoms with Gasteiger partial charge in [-0.15, -0.1) is 0 Å². The van der Waals surface area contributed by atoms with Gasteiger partial charge in [0, 0.05) is 11.8 Å². The van der Waals surface area contributed by atoms with E-state index < -0.39 is 10.8 Å². The summed E-state index contributed by atoms with van der Waals surface area (Å²) in [7, 11) is 0. The molecule has 20 heavy (non-hydrogen) atoms. The van der Waals surface area contributed by atoms with Crippen molar-refractivity contribution < 1.29 is 9.59 Å². The topological polar surface area (TPSA) is 34.1 Å². The fourth-order valence-corrected chi connectivity index (χ4v) is 4.70. The minimum atomic E-state index is -0.642. The number of hydrogen-bond acceptors (Lipinski definition) is 2.